The minimum atomic E-state index is 0.399. The standard InChI is InChI=1S/C15H19N3O/c1-3-11(2)12-4-6-14(7-5-12)19-10-13-8-18-15(16)9-17-13/h4-9,11H,3,10H2,1-2H3,(H2,16,18). The number of aromatic nitrogens is 2. The van der Waals surface area contributed by atoms with Crippen molar-refractivity contribution < 1.29 is 4.74 Å². The third-order valence-corrected chi connectivity index (χ3v) is 3.17. The maximum absolute atomic E-state index is 5.66. The van der Waals surface area contributed by atoms with Crippen LogP contribution >= 0.6 is 0 Å². The first-order chi connectivity index (χ1) is 9.19. The second kappa shape index (κ2) is 6.18. The van der Waals surface area contributed by atoms with Crippen molar-refractivity contribution in [3.63, 3.8) is 0 Å². The molecule has 4 nitrogen and oxygen atoms in total. The van der Waals surface area contributed by atoms with Gasteiger partial charge in [0.2, 0.25) is 0 Å². The van der Waals surface area contributed by atoms with Gasteiger partial charge in [0.25, 0.3) is 0 Å². The molecule has 0 aliphatic heterocycles. The van der Waals surface area contributed by atoms with Gasteiger partial charge in [-0.15, -0.1) is 0 Å². The average Bonchev–Trinajstić information content (AvgIpc) is 2.46. The van der Waals surface area contributed by atoms with E-state index in [2.05, 4.69) is 35.9 Å². The molecule has 0 amide bonds. The van der Waals surface area contributed by atoms with Crippen molar-refractivity contribution >= 4 is 5.82 Å². The van der Waals surface area contributed by atoms with E-state index < -0.39 is 0 Å². The first kappa shape index (κ1) is 13.3. The lowest BCUT2D eigenvalue weighted by Gasteiger charge is -2.10. The first-order valence-corrected chi connectivity index (χ1v) is 6.48. The minimum absolute atomic E-state index is 0.399. The van der Waals surface area contributed by atoms with E-state index in [1.807, 2.05) is 12.1 Å². The molecule has 0 radical (unpaired) electrons. The van der Waals surface area contributed by atoms with Gasteiger partial charge in [0, 0.05) is 0 Å². The van der Waals surface area contributed by atoms with Crippen LogP contribution < -0.4 is 10.5 Å². The van der Waals surface area contributed by atoms with Crippen LogP contribution in [0.3, 0.4) is 0 Å². The Bertz CT molecular complexity index is 508. The number of anilines is 1. The molecule has 1 unspecified atom stereocenters. The quantitative estimate of drug-likeness (QED) is 0.893. The summed E-state index contributed by atoms with van der Waals surface area (Å²) in [4.78, 5) is 8.11. The number of nitrogens with two attached hydrogens (primary N) is 1. The second-order valence-electron chi connectivity index (χ2n) is 4.60. The topological polar surface area (TPSA) is 61.0 Å². The van der Waals surface area contributed by atoms with Crippen molar-refractivity contribution in [2.45, 2.75) is 32.8 Å². The molecule has 0 bridgehead atoms. The summed E-state index contributed by atoms with van der Waals surface area (Å²) < 4.78 is 5.66. The zero-order valence-corrected chi connectivity index (χ0v) is 11.3. The molecule has 19 heavy (non-hydrogen) atoms. The fourth-order valence-corrected chi connectivity index (χ4v) is 1.72. The largest absolute Gasteiger partial charge is 0.487 e. The van der Waals surface area contributed by atoms with Crippen LogP contribution in [0.1, 0.15) is 37.4 Å². The summed E-state index contributed by atoms with van der Waals surface area (Å²) in [6.45, 7) is 4.81. The van der Waals surface area contributed by atoms with E-state index in [4.69, 9.17) is 10.5 Å². The van der Waals surface area contributed by atoms with E-state index in [0.29, 0.717) is 18.3 Å². The molecule has 0 aliphatic carbocycles. The maximum Gasteiger partial charge on any atom is 0.141 e. The molecule has 0 aliphatic rings. The summed E-state index contributed by atoms with van der Waals surface area (Å²) >= 11 is 0. The molecule has 4 heteroatoms. The number of rotatable bonds is 5. The lowest BCUT2D eigenvalue weighted by Crippen LogP contribution is -2.01. The lowest BCUT2D eigenvalue weighted by atomic mass is 9.99. The van der Waals surface area contributed by atoms with E-state index in [1.165, 1.54) is 11.8 Å². The molecule has 0 saturated carbocycles. The van der Waals surface area contributed by atoms with Crippen LogP contribution in [-0.4, -0.2) is 9.97 Å². The zero-order chi connectivity index (χ0) is 13.7. The van der Waals surface area contributed by atoms with Crippen LogP contribution in [0.25, 0.3) is 0 Å². The maximum atomic E-state index is 5.66. The van der Waals surface area contributed by atoms with E-state index in [0.717, 1.165) is 17.9 Å². The molecule has 2 N–H and O–H groups in total. The average molecular weight is 257 g/mol. The molecule has 1 heterocycles. The smallest absolute Gasteiger partial charge is 0.141 e. The molecule has 1 atom stereocenters. The van der Waals surface area contributed by atoms with Crippen molar-refractivity contribution in [1.82, 2.24) is 9.97 Å². The van der Waals surface area contributed by atoms with Crippen LogP contribution in [0.4, 0.5) is 5.82 Å². The molecular weight excluding hydrogens is 238 g/mol. The predicted molar refractivity (Wildman–Crippen MR) is 75.9 cm³/mol. The molecule has 0 spiro atoms. The Labute approximate surface area is 113 Å². The van der Waals surface area contributed by atoms with E-state index in [9.17, 15) is 0 Å². The van der Waals surface area contributed by atoms with Crippen LogP contribution in [-0.2, 0) is 6.61 Å². The highest BCUT2D eigenvalue weighted by atomic mass is 16.5. The molecule has 1 aromatic carbocycles. The third kappa shape index (κ3) is 3.68. The van der Waals surface area contributed by atoms with Crippen LogP contribution in [0.2, 0.25) is 0 Å². The van der Waals surface area contributed by atoms with Gasteiger partial charge in [0.05, 0.1) is 18.1 Å². The van der Waals surface area contributed by atoms with Crippen molar-refractivity contribution in [3.05, 3.63) is 47.9 Å². The Morgan fingerprint density at radius 2 is 1.89 bits per heavy atom. The SMILES string of the molecule is CCC(C)c1ccc(OCc2cnc(N)cn2)cc1. The van der Waals surface area contributed by atoms with Gasteiger partial charge in [-0.3, -0.25) is 4.98 Å². The highest BCUT2D eigenvalue weighted by molar-refractivity contribution is 5.29. The Hall–Kier alpha value is -2.10. The fraction of sp³-hybridized carbons (Fsp3) is 0.333. The molecular formula is C15H19N3O. The van der Waals surface area contributed by atoms with Gasteiger partial charge in [-0.05, 0) is 30.0 Å². The summed E-state index contributed by atoms with van der Waals surface area (Å²) in [5.74, 6) is 1.84. The van der Waals surface area contributed by atoms with Crippen molar-refractivity contribution in [2.24, 2.45) is 0 Å². The fourth-order valence-electron chi connectivity index (χ4n) is 1.72. The molecule has 2 aromatic rings. The summed E-state index contributed by atoms with van der Waals surface area (Å²) in [5, 5.41) is 0. The van der Waals surface area contributed by atoms with Crippen molar-refractivity contribution in [2.75, 3.05) is 5.73 Å². The van der Waals surface area contributed by atoms with Gasteiger partial charge in [-0.1, -0.05) is 26.0 Å². The molecule has 2 rings (SSSR count). The molecule has 1 aromatic heterocycles. The highest BCUT2D eigenvalue weighted by Gasteiger charge is 2.03. The number of benzene rings is 1. The monoisotopic (exact) mass is 257 g/mol. The summed E-state index contributed by atoms with van der Waals surface area (Å²) in [7, 11) is 0. The van der Waals surface area contributed by atoms with Gasteiger partial charge < -0.3 is 10.5 Å². The zero-order valence-electron chi connectivity index (χ0n) is 11.3. The Morgan fingerprint density at radius 1 is 1.16 bits per heavy atom. The third-order valence-electron chi connectivity index (χ3n) is 3.17. The van der Waals surface area contributed by atoms with E-state index in [1.54, 1.807) is 6.20 Å². The molecule has 0 fully saturated rings. The number of ether oxygens (including phenoxy) is 1. The summed E-state index contributed by atoms with van der Waals surface area (Å²) in [6, 6.07) is 8.20. The Balaban J connectivity index is 1.94. The van der Waals surface area contributed by atoms with Crippen LogP contribution in [0.15, 0.2) is 36.7 Å². The number of hydrogen-bond donors (Lipinski definition) is 1. The van der Waals surface area contributed by atoms with Gasteiger partial charge >= 0.3 is 0 Å². The van der Waals surface area contributed by atoms with Crippen molar-refractivity contribution in [3.8, 4) is 5.75 Å². The van der Waals surface area contributed by atoms with Crippen LogP contribution in [0.5, 0.6) is 5.75 Å². The number of nitrogen functional groups attached to an aromatic ring is 1. The normalized spacial score (nSPS) is 12.1. The summed E-state index contributed by atoms with van der Waals surface area (Å²) in [5.41, 5.74) is 7.58. The van der Waals surface area contributed by atoms with Gasteiger partial charge in [0.15, 0.2) is 0 Å². The van der Waals surface area contributed by atoms with Gasteiger partial charge in [-0.25, -0.2) is 4.98 Å². The predicted octanol–water partition coefficient (Wildman–Crippen LogP) is 3.15. The van der Waals surface area contributed by atoms with Crippen molar-refractivity contribution in [1.29, 1.82) is 0 Å². The highest BCUT2D eigenvalue weighted by Crippen LogP contribution is 2.21. The minimum Gasteiger partial charge on any atom is -0.487 e. The summed E-state index contributed by atoms with van der Waals surface area (Å²) in [6.07, 6.45) is 4.30. The van der Waals surface area contributed by atoms with Gasteiger partial charge in [0.1, 0.15) is 18.2 Å². The Morgan fingerprint density at radius 3 is 2.47 bits per heavy atom. The number of hydrogen-bond acceptors (Lipinski definition) is 4. The Kier molecular flexibility index (Phi) is 4.34. The second-order valence-corrected chi connectivity index (χ2v) is 4.60. The number of nitrogens with zero attached hydrogens (tertiary/aromatic N) is 2. The molecule has 0 saturated heterocycles. The van der Waals surface area contributed by atoms with E-state index >= 15 is 0 Å². The van der Waals surface area contributed by atoms with Gasteiger partial charge in [-0.2, -0.15) is 0 Å². The lowest BCUT2D eigenvalue weighted by molar-refractivity contribution is 0.300. The first-order valence-electron chi connectivity index (χ1n) is 6.48. The van der Waals surface area contributed by atoms with Crippen LogP contribution in [0, 0.1) is 0 Å². The van der Waals surface area contributed by atoms with E-state index in [-0.39, 0.29) is 0 Å². The molecule has 100 valence electrons.